The minimum Gasteiger partial charge on any atom is -0.324 e. The van der Waals surface area contributed by atoms with Gasteiger partial charge in [0.15, 0.2) is 0 Å². The highest BCUT2D eigenvalue weighted by molar-refractivity contribution is 6.30. The van der Waals surface area contributed by atoms with Crippen molar-refractivity contribution in [3.8, 4) is 0 Å². The van der Waals surface area contributed by atoms with Crippen LogP contribution in [0.4, 0.5) is 13.2 Å². The maximum absolute atomic E-state index is 12.8. The van der Waals surface area contributed by atoms with Crippen LogP contribution in [0.15, 0.2) is 30.4 Å². The van der Waals surface area contributed by atoms with E-state index in [0.717, 1.165) is 11.6 Å². The Labute approximate surface area is 115 Å². The lowest BCUT2D eigenvalue weighted by Crippen LogP contribution is -2.17. The van der Waals surface area contributed by atoms with Crippen LogP contribution in [0.25, 0.3) is 0 Å². The third-order valence-electron chi connectivity index (χ3n) is 2.29. The van der Waals surface area contributed by atoms with Gasteiger partial charge in [0, 0.05) is 11.1 Å². The summed E-state index contributed by atoms with van der Waals surface area (Å²) in [7, 11) is 0. The predicted octanol–water partition coefficient (Wildman–Crippen LogP) is 4.75. The summed E-state index contributed by atoms with van der Waals surface area (Å²) in [5.74, 6) is 0. The first-order valence-electron chi connectivity index (χ1n) is 4.98. The van der Waals surface area contributed by atoms with Crippen LogP contribution in [0.5, 0.6) is 0 Å². The predicted molar refractivity (Wildman–Crippen MR) is 70.1 cm³/mol. The Bertz CT molecular complexity index is 430. The summed E-state index contributed by atoms with van der Waals surface area (Å²) in [6.45, 7) is 5.37. The van der Waals surface area contributed by atoms with Gasteiger partial charge in [0.25, 0.3) is 0 Å². The Balaban J connectivity index is 0.00000289. The van der Waals surface area contributed by atoms with E-state index in [-0.39, 0.29) is 23.0 Å². The molecule has 0 fully saturated rings. The SMILES string of the molecule is C=C(C)C[C@@H](N)c1ccc(Cl)cc1C(F)(F)F.Cl. The number of hydrogen-bond acceptors (Lipinski definition) is 1. The maximum atomic E-state index is 12.8. The zero-order chi connectivity index (χ0) is 13.2. The van der Waals surface area contributed by atoms with E-state index in [2.05, 4.69) is 6.58 Å². The fourth-order valence-corrected chi connectivity index (χ4v) is 1.75. The fourth-order valence-electron chi connectivity index (χ4n) is 1.58. The first kappa shape index (κ1) is 17.3. The summed E-state index contributed by atoms with van der Waals surface area (Å²) in [6, 6.07) is 2.90. The van der Waals surface area contributed by atoms with E-state index in [1.54, 1.807) is 6.92 Å². The second kappa shape index (κ2) is 6.45. The molecule has 0 amide bonds. The summed E-state index contributed by atoms with van der Waals surface area (Å²) in [5, 5.41) is 0.0450. The lowest BCUT2D eigenvalue weighted by molar-refractivity contribution is -0.138. The smallest absolute Gasteiger partial charge is 0.324 e. The molecule has 1 atom stereocenters. The summed E-state index contributed by atoms with van der Waals surface area (Å²) in [6.07, 6.45) is -4.14. The summed E-state index contributed by atoms with van der Waals surface area (Å²) in [4.78, 5) is 0. The van der Waals surface area contributed by atoms with Gasteiger partial charge in [-0.2, -0.15) is 13.2 Å². The van der Waals surface area contributed by atoms with E-state index >= 15 is 0 Å². The molecule has 1 rings (SSSR count). The number of halogens is 5. The van der Waals surface area contributed by atoms with E-state index in [1.807, 2.05) is 0 Å². The third kappa shape index (κ3) is 4.52. The molecule has 18 heavy (non-hydrogen) atoms. The molecule has 0 bridgehead atoms. The molecule has 0 aliphatic heterocycles. The number of rotatable bonds is 3. The van der Waals surface area contributed by atoms with Gasteiger partial charge in [0.05, 0.1) is 5.56 Å². The van der Waals surface area contributed by atoms with Gasteiger partial charge < -0.3 is 5.73 Å². The Morgan fingerprint density at radius 2 is 2.00 bits per heavy atom. The van der Waals surface area contributed by atoms with Crippen molar-refractivity contribution in [2.75, 3.05) is 0 Å². The number of nitrogens with two attached hydrogens (primary N) is 1. The molecule has 0 saturated carbocycles. The topological polar surface area (TPSA) is 26.0 Å². The monoisotopic (exact) mass is 299 g/mol. The molecule has 0 aliphatic carbocycles. The van der Waals surface area contributed by atoms with Crippen LogP contribution in [0.3, 0.4) is 0 Å². The van der Waals surface area contributed by atoms with Crippen molar-refractivity contribution in [1.29, 1.82) is 0 Å². The van der Waals surface area contributed by atoms with Crippen molar-refractivity contribution < 1.29 is 13.2 Å². The van der Waals surface area contributed by atoms with Gasteiger partial charge in [0.2, 0.25) is 0 Å². The Morgan fingerprint density at radius 1 is 1.44 bits per heavy atom. The van der Waals surface area contributed by atoms with Crippen molar-refractivity contribution in [3.63, 3.8) is 0 Å². The maximum Gasteiger partial charge on any atom is 0.416 e. The molecule has 0 radical (unpaired) electrons. The second-order valence-electron chi connectivity index (χ2n) is 4.00. The number of hydrogen-bond donors (Lipinski definition) is 1. The first-order chi connectivity index (χ1) is 7.71. The average molecular weight is 300 g/mol. The lowest BCUT2D eigenvalue weighted by atomic mass is 9.96. The molecular formula is C12H14Cl2F3N. The summed E-state index contributed by atoms with van der Waals surface area (Å²) >= 11 is 5.57. The quantitative estimate of drug-likeness (QED) is 0.801. The molecule has 0 aromatic heterocycles. The molecule has 6 heteroatoms. The molecule has 0 unspecified atom stereocenters. The van der Waals surface area contributed by atoms with Crippen molar-refractivity contribution in [2.45, 2.75) is 25.6 Å². The lowest BCUT2D eigenvalue weighted by Gasteiger charge is -2.18. The molecule has 1 aromatic carbocycles. The molecule has 0 saturated heterocycles. The zero-order valence-electron chi connectivity index (χ0n) is 9.72. The largest absolute Gasteiger partial charge is 0.416 e. The van der Waals surface area contributed by atoms with Gasteiger partial charge in [-0.1, -0.05) is 23.2 Å². The minimum atomic E-state index is -4.45. The molecule has 0 heterocycles. The molecule has 102 valence electrons. The van der Waals surface area contributed by atoms with Crippen LogP contribution in [0.1, 0.15) is 30.5 Å². The third-order valence-corrected chi connectivity index (χ3v) is 2.52. The van der Waals surface area contributed by atoms with Gasteiger partial charge in [-0.25, -0.2) is 0 Å². The van der Waals surface area contributed by atoms with E-state index in [1.165, 1.54) is 12.1 Å². The highest BCUT2D eigenvalue weighted by Crippen LogP contribution is 2.36. The van der Waals surface area contributed by atoms with Crippen LogP contribution in [0.2, 0.25) is 5.02 Å². The highest BCUT2D eigenvalue weighted by atomic mass is 35.5. The van der Waals surface area contributed by atoms with Crippen molar-refractivity contribution in [1.82, 2.24) is 0 Å². The zero-order valence-corrected chi connectivity index (χ0v) is 11.3. The highest BCUT2D eigenvalue weighted by Gasteiger charge is 2.34. The van der Waals surface area contributed by atoms with Gasteiger partial charge in [-0.05, 0) is 31.0 Å². The first-order valence-corrected chi connectivity index (χ1v) is 5.36. The van der Waals surface area contributed by atoms with E-state index in [9.17, 15) is 13.2 Å². The Morgan fingerprint density at radius 3 is 2.44 bits per heavy atom. The van der Waals surface area contributed by atoms with Crippen molar-refractivity contribution in [2.24, 2.45) is 5.73 Å². The summed E-state index contributed by atoms with van der Waals surface area (Å²) < 4.78 is 38.4. The molecular weight excluding hydrogens is 286 g/mol. The fraction of sp³-hybridized carbons (Fsp3) is 0.333. The van der Waals surface area contributed by atoms with Crippen molar-refractivity contribution >= 4 is 24.0 Å². The standard InChI is InChI=1S/C12H13ClF3N.ClH/c1-7(2)5-11(17)9-4-3-8(13)6-10(9)12(14,15)16;/h3-4,6,11H,1,5,17H2,2H3;1H/t11-;/m1./s1. The van der Waals surface area contributed by atoms with E-state index in [0.29, 0.717) is 6.42 Å². The molecule has 0 spiro atoms. The minimum absolute atomic E-state index is 0. The Kier molecular flexibility index (Phi) is 6.20. The van der Waals surface area contributed by atoms with Gasteiger partial charge in [-0.15, -0.1) is 19.0 Å². The van der Waals surface area contributed by atoms with Crippen LogP contribution in [-0.4, -0.2) is 0 Å². The van der Waals surface area contributed by atoms with Gasteiger partial charge in [-0.3, -0.25) is 0 Å². The average Bonchev–Trinajstić information content (AvgIpc) is 2.14. The second-order valence-corrected chi connectivity index (χ2v) is 4.43. The van der Waals surface area contributed by atoms with Crippen LogP contribution in [-0.2, 0) is 6.18 Å². The van der Waals surface area contributed by atoms with Gasteiger partial charge >= 0.3 is 6.18 Å². The van der Waals surface area contributed by atoms with Crippen LogP contribution in [0, 0.1) is 0 Å². The van der Waals surface area contributed by atoms with E-state index < -0.39 is 17.8 Å². The van der Waals surface area contributed by atoms with E-state index in [4.69, 9.17) is 17.3 Å². The molecule has 0 aliphatic rings. The normalized spacial score (nSPS) is 12.8. The van der Waals surface area contributed by atoms with Crippen LogP contribution < -0.4 is 5.73 Å². The Hall–Kier alpha value is -0.710. The molecule has 1 aromatic rings. The molecule has 2 N–H and O–H groups in total. The summed E-state index contributed by atoms with van der Waals surface area (Å²) in [5.41, 5.74) is 5.74. The van der Waals surface area contributed by atoms with Gasteiger partial charge in [0.1, 0.15) is 0 Å². The molecule has 1 nitrogen and oxygen atoms in total. The number of benzene rings is 1. The van der Waals surface area contributed by atoms with Crippen LogP contribution >= 0.6 is 24.0 Å². The van der Waals surface area contributed by atoms with Crippen molar-refractivity contribution in [3.05, 3.63) is 46.5 Å². The number of alkyl halides is 3.